The van der Waals surface area contributed by atoms with Gasteiger partial charge in [0.25, 0.3) is 0 Å². The van der Waals surface area contributed by atoms with Gasteiger partial charge in [-0.05, 0) is 55.7 Å². The van der Waals surface area contributed by atoms with Crippen LogP contribution >= 0.6 is 23.8 Å². The van der Waals surface area contributed by atoms with Gasteiger partial charge in [-0.15, -0.1) is 0 Å². The first-order chi connectivity index (χ1) is 12.5. The summed E-state index contributed by atoms with van der Waals surface area (Å²) in [6.07, 6.45) is 3.26. The van der Waals surface area contributed by atoms with Crippen molar-refractivity contribution in [3.63, 3.8) is 0 Å². The Hall–Kier alpha value is -2.40. The molecule has 132 valence electrons. The fourth-order valence-corrected chi connectivity index (χ4v) is 4.36. The van der Waals surface area contributed by atoms with Crippen LogP contribution in [-0.2, 0) is 0 Å². The van der Waals surface area contributed by atoms with Gasteiger partial charge in [0.05, 0.1) is 28.0 Å². The fraction of sp³-hybridized carbons (Fsp3) is 0.278. The number of aromatic nitrogens is 1. The maximum Gasteiger partial charge on any atom is 0.210 e. The molecule has 1 unspecified atom stereocenters. The van der Waals surface area contributed by atoms with Crippen LogP contribution in [0.2, 0.25) is 5.02 Å². The number of aliphatic hydroxyl groups is 1. The molecule has 1 aliphatic heterocycles. The highest BCUT2D eigenvalue weighted by Crippen LogP contribution is 2.50. The minimum Gasteiger partial charge on any atom is -0.493 e. The molecule has 1 aliphatic carbocycles. The molecule has 0 radical (unpaired) electrons. The Balaban J connectivity index is 1.78. The van der Waals surface area contributed by atoms with Crippen molar-refractivity contribution in [2.24, 2.45) is 0 Å². The number of hydrogen-bond donors (Lipinski definition) is 2. The predicted molar refractivity (Wildman–Crippen MR) is 102 cm³/mol. The van der Waals surface area contributed by atoms with E-state index in [2.05, 4.69) is 4.98 Å². The van der Waals surface area contributed by atoms with Crippen molar-refractivity contribution >= 4 is 40.3 Å². The zero-order valence-corrected chi connectivity index (χ0v) is 15.2. The molecule has 2 N–H and O–H groups in total. The summed E-state index contributed by atoms with van der Waals surface area (Å²) in [5, 5.41) is 30.4. The first-order valence-corrected chi connectivity index (χ1v) is 8.93. The molecule has 1 saturated carbocycles. The zero-order chi connectivity index (χ0) is 18.5. The third-order valence-electron chi connectivity index (χ3n) is 5.13. The number of halogens is 1. The largest absolute Gasteiger partial charge is 0.493 e. The quantitative estimate of drug-likeness (QED) is 0.767. The highest BCUT2D eigenvalue weighted by Gasteiger charge is 2.59. The van der Waals surface area contributed by atoms with Crippen LogP contribution in [0.15, 0.2) is 36.5 Å². The smallest absolute Gasteiger partial charge is 0.210 e. The number of hydrogen-bond acceptors (Lipinski definition) is 5. The number of aliphatic hydroxyl groups excluding tert-OH is 1. The van der Waals surface area contributed by atoms with Gasteiger partial charge < -0.3 is 15.1 Å². The molecule has 1 atom stereocenters. The Morgan fingerprint density at radius 3 is 2.54 bits per heavy atom. The van der Waals surface area contributed by atoms with E-state index in [9.17, 15) is 10.2 Å². The molecular weight excluding hydrogens is 372 g/mol. The van der Waals surface area contributed by atoms with Gasteiger partial charge in [-0.2, -0.15) is 5.26 Å². The molecule has 0 amide bonds. The molecule has 8 heteroatoms. The molecule has 1 aromatic heterocycles. The van der Waals surface area contributed by atoms with Crippen LogP contribution in [0, 0.1) is 11.3 Å². The summed E-state index contributed by atoms with van der Waals surface area (Å²) in [7, 11) is 0. The van der Waals surface area contributed by atoms with E-state index in [0.717, 1.165) is 19.3 Å². The topological polar surface area (TPSA) is 83.6 Å². The summed E-state index contributed by atoms with van der Waals surface area (Å²) in [4.78, 5) is 7.51. The Labute approximate surface area is 160 Å². The minimum atomic E-state index is -0.846. The highest BCUT2D eigenvalue weighted by molar-refractivity contribution is 7.80. The fourth-order valence-electron chi connectivity index (χ4n) is 3.65. The third kappa shape index (κ3) is 2.34. The average molecular weight is 387 g/mol. The Morgan fingerprint density at radius 2 is 2.00 bits per heavy atom. The van der Waals surface area contributed by atoms with E-state index in [0.29, 0.717) is 27.1 Å². The van der Waals surface area contributed by atoms with E-state index in [1.807, 2.05) is 11.0 Å². The Morgan fingerprint density at radius 1 is 1.27 bits per heavy atom. The second kappa shape index (κ2) is 6.09. The van der Waals surface area contributed by atoms with Crippen LogP contribution in [0.5, 0.6) is 5.88 Å². The third-order valence-corrected chi connectivity index (χ3v) is 5.82. The van der Waals surface area contributed by atoms with Crippen LogP contribution in [0.25, 0.3) is 0 Å². The first kappa shape index (κ1) is 17.0. The van der Waals surface area contributed by atoms with E-state index in [1.54, 1.807) is 35.4 Å². The molecular formula is C18H15ClN4O2S. The number of anilines is 2. The summed E-state index contributed by atoms with van der Waals surface area (Å²) in [5.41, 5.74) is 1.18. The molecule has 4 rings (SSSR count). The van der Waals surface area contributed by atoms with Crippen LogP contribution in [0.3, 0.4) is 0 Å². The number of aromatic hydroxyl groups is 1. The average Bonchev–Trinajstić information content (AvgIpc) is 2.83. The van der Waals surface area contributed by atoms with Crippen molar-refractivity contribution in [3.8, 4) is 11.9 Å². The van der Waals surface area contributed by atoms with Crippen molar-refractivity contribution < 1.29 is 10.2 Å². The van der Waals surface area contributed by atoms with Crippen LogP contribution in [-0.4, -0.2) is 32.1 Å². The summed E-state index contributed by atoms with van der Waals surface area (Å²) in [6.45, 7) is 0. The molecule has 1 spiro atoms. The van der Waals surface area contributed by atoms with Crippen molar-refractivity contribution in [2.45, 2.75) is 31.0 Å². The summed E-state index contributed by atoms with van der Waals surface area (Å²) >= 11 is 11.9. The minimum absolute atomic E-state index is 0.0715. The lowest BCUT2D eigenvalue weighted by Crippen LogP contribution is -2.57. The summed E-state index contributed by atoms with van der Waals surface area (Å²) < 4.78 is 0. The van der Waals surface area contributed by atoms with E-state index >= 15 is 0 Å². The number of thiocarbonyl (C=S) groups is 1. The zero-order valence-electron chi connectivity index (χ0n) is 13.6. The number of nitriles is 1. The molecule has 1 saturated heterocycles. The Kier molecular flexibility index (Phi) is 3.99. The van der Waals surface area contributed by atoms with E-state index in [1.165, 1.54) is 6.07 Å². The second-order valence-electron chi connectivity index (χ2n) is 6.47. The molecule has 26 heavy (non-hydrogen) atoms. The van der Waals surface area contributed by atoms with Gasteiger partial charge in [0.1, 0.15) is 6.07 Å². The van der Waals surface area contributed by atoms with Crippen LogP contribution < -0.4 is 9.80 Å². The summed E-state index contributed by atoms with van der Waals surface area (Å²) in [5.74, 6) is -0.0715. The SMILES string of the molecule is N#Cc1ccc(N2C(=S)N(c3ccc(O)nc3)C3(CCC3)C2O)cc1Cl. The first-order valence-electron chi connectivity index (χ1n) is 8.14. The highest BCUT2D eigenvalue weighted by atomic mass is 35.5. The molecule has 2 fully saturated rings. The van der Waals surface area contributed by atoms with E-state index < -0.39 is 11.8 Å². The molecule has 0 bridgehead atoms. The number of rotatable bonds is 2. The molecule has 1 aromatic carbocycles. The molecule has 2 aromatic rings. The lowest BCUT2D eigenvalue weighted by atomic mass is 9.74. The molecule has 2 heterocycles. The lowest BCUT2D eigenvalue weighted by Gasteiger charge is -2.46. The van der Waals surface area contributed by atoms with Gasteiger partial charge in [0.15, 0.2) is 11.3 Å². The normalized spacial score (nSPS) is 21.0. The Bertz CT molecular complexity index is 924. The van der Waals surface area contributed by atoms with Crippen molar-refractivity contribution in [3.05, 3.63) is 47.1 Å². The van der Waals surface area contributed by atoms with Gasteiger partial charge in [-0.3, -0.25) is 4.90 Å². The maximum absolute atomic E-state index is 11.1. The van der Waals surface area contributed by atoms with Crippen molar-refractivity contribution in [2.75, 3.05) is 9.80 Å². The van der Waals surface area contributed by atoms with Gasteiger partial charge in [0.2, 0.25) is 5.88 Å². The standard InChI is InChI=1S/C18H15ClN4O2S/c19-14-8-12(3-2-11(14)9-20)22-16(25)18(6-1-7-18)23(17(22)26)13-4-5-15(24)21-10-13/h2-5,8,10,16,25H,1,6-7H2,(H,21,24). The number of benzene rings is 1. The summed E-state index contributed by atoms with van der Waals surface area (Å²) in [6, 6.07) is 10.2. The van der Waals surface area contributed by atoms with Gasteiger partial charge >= 0.3 is 0 Å². The van der Waals surface area contributed by atoms with Gasteiger partial charge in [0, 0.05) is 11.8 Å². The van der Waals surface area contributed by atoms with Gasteiger partial charge in [-0.25, -0.2) is 4.98 Å². The van der Waals surface area contributed by atoms with E-state index in [4.69, 9.17) is 29.1 Å². The molecule has 2 aliphatic rings. The second-order valence-corrected chi connectivity index (χ2v) is 7.24. The van der Waals surface area contributed by atoms with Crippen molar-refractivity contribution in [1.29, 1.82) is 5.26 Å². The number of nitrogens with zero attached hydrogens (tertiary/aromatic N) is 4. The molecule has 6 nitrogen and oxygen atoms in total. The van der Waals surface area contributed by atoms with Crippen LogP contribution in [0.4, 0.5) is 11.4 Å². The monoisotopic (exact) mass is 386 g/mol. The number of pyridine rings is 1. The van der Waals surface area contributed by atoms with Gasteiger partial charge in [-0.1, -0.05) is 11.6 Å². The lowest BCUT2D eigenvalue weighted by molar-refractivity contribution is 0.0597. The van der Waals surface area contributed by atoms with E-state index in [-0.39, 0.29) is 5.88 Å². The predicted octanol–water partition coefficient (Wildman–Crippen LogP) is 3.16. The van der Waals surface area contributed by atoms with Crippen LogP contribution in [0.1, 0.15) is 24.8 Å². The maximum atomic E-state index is 11.1. The van der Waals surface area contributed by atoms with Crippen molar-refractivity contribution in [1.82, 2.24) is 4.98 Å².